The minimum absolute atomic E-state index is 0.00569. The van der Waals surface area contributed by atoms with Crippen LogP contribution in [0.3, 0.4) is 0 Å². The Morgan fingerprint density at radius 2 is 2.09 bits per heavy atom. The molecule has 0 aliphatic carbocycles. The molecule has 0 aromatic heterocycles. The Labute approximate surface area is 188 Å². The molecule has 3 rings (SSSR count). The Morgan fingerprint density at radius 1 is 1.34 bits per heavy atom. The summed E-state index contributed by atoms with van der Waals surface area (Å²) < 4.78 is 20.8. The summed E-state index contributed by atoms with van der Waals surface area (Å²) in [6.07, 6.45) is 2.15. The molecule has 8 nitrogen and oxygen atoms in total. The Morgan fingerprint density at radius 3 is 2.72 bits per heavy atom. The number of fused-ring (bicyclic) bond motifs is 1. The van der Waals surface area contributed by atoms with E-state index < -0.39 is 17.3 Å². The number of amides is 3. The summed E-state index contributed by atoms with van der Waals surface area (Å²) in [5, 5.41) is 6.03. The molecule has 32 heavy (non-hydrogen) atoms. The molecule has 0 unspecified atom stereocenters. The van der Waals surface area contributed by atoms with Crippen LogP contribution in [-0.4, -0.2) is 67.0 Å². The predicted octanol–water partition coefficient (Wildman–Crippen LogP) is 2.07. The van der Waals surface area contributed by atoms with Crippen molar-refractivity contribution in [2.24, 2.45) is 0 Å². The zero-order valence-corrected chi connectivity index (χ0v) is 19.3. The molecule has 9 heteroatoms. The highest BCUT2D eigenvalue weighted by atomic mass is 19.1. The van der Waals surface area contributed by atoms with Gasteiger partial charge < -0.3 is 25.2 Å². The van der Waals surface area contributed by atoms with E-state index in [0.717, 1.165) is 19.4 Å². The predicted molar refractivity (Wildman–Crippen MR) is 119 cm³/mol. The summed E-state index contributed by atoms with van der Waals surface area (Å²) >= 11 is 0. The molecule has 0 saturated carbocycles. The third-order valence-corrected chi connectivity index (χ3v) is 5.99. The molecule has 2 aliphatic heterocycles. The average Bonchev–Trinajstić information content (AvgIpc) is 2.77. The number of nitrogens with one attached hydrogen (secondary N) is 2. The van der Waals surface area contributed by atoms with Crippen molar-refractivity contribution in [2.75, 3.05) is 37.6 Å². The zero-order chi connectivity index (χ0) is 23.5. The quantitative estimate of drug-likeness (QED) is 0.667. The first-order valence-corrected chi connectivity index (χ1v) is 11.3. The van der Waals surface area contributed by atoms with Gasteiger partial charge in [0.25, 0.3) is 11.8 Å². The first-order chi connectivity index (χ1) is 15.2. The monoisotopic (exact) mass is 448 g/mol. The van der Waals surface area contributed by atoms with Crippen molar-refractivity contribution in [3.8, 4) is 5.75 Å². The molecule has 0 radical (unpaired) electrons. The Bertz CT molecular complexity index is 883. The summed E-state index contributed by atoms with van der Waals surface area (Å²) in [6.45, 7) is 9.31. The summed E-state index contributed by atoms with van der Waals surface area (Å²) in [5.74, 6) is -1.32. The number of ether oxygens (including phenoxy) is 1. The van der Waals surface area contributed by atoms with Crippen LogP contribution in [0.15, 0.2) is 12.1 Å². The first kappa shape index (κ1) is 24.0. The summed E-state index contributed by atoms with van der Waals surface area (Å²) in [5.41, 5.74) is -0.944. The summed E-state index contributed by atoms with van der Waals surface area (Å²) in [6, 6.07) is 2.58. The van der Waals surface area contributed by atoms with Crippen molar-refractivity contribution in [3.63, 3.8) is 0 Å². The number of hydrogen-bond acceptors (Lipinski definition) is 5. The van der Waals surface area contributed by atoms with Gasteiger partial charge in [0.1, 0.15) is 11.6 Å². The van der Waals surface area contributed by atoms with E-state index >= 15 is 4.39 Å². The topological polar surface area (TPSA) is 91.0 Å². The second kappa shape index (κ2) is 9.85. The summed E-state index contributed by atoms with van der Waals surface area (Å²) in [4.78, 5) is 41.1. The minimum atomic E-state index is -1.19. The molecule has 1 aromatic carbocycles. The number of halogens is 1. The average molecular weight is 449 g/mol. The lowest BCUT2D eigenvalue weighted by molar-refractivity contribution is -0.132. The molecule has 0 bridgehead atoms. The number of hydrogen-bond donors (Lipinski definition) is 2. The molecule has 0 spiro atoms. The van der Waals surface area contributed by atoms with E-state index in [1.165, 1.54) is 17.0 Å². The molecule has 2 heterocycles. The van der Waals surface area contributed by atoms with E-state index in [4.69, 9.17) is 4.74 Å². The Balaban J connectivity index is 1.93. The number of benzene rings is 1. The number of anilines is 1. The van der Waals surface area contributed by atoms with Crippen LogP contribution >= 0.6 is 0 Å². The standard InChI is InChI=1S/C23H33FN4O4/c1-5-20(29)26-10-11-28-18-12-16(17(24)13-19(18)32-23(3,4)22(28)31)21(30)27(6-2)15-8-7-9-25-14-15/h12-13,15,25H,5-11,14H2,1-4H3,(H,26,29)/t15-/m1/s1. The van der Waals surface area contributed by atoms with Gasteiger partial charge in [-0.05, 0) is 46.2 Å². The number of carbonyl (C=O) groups is 3. The van der Waals surface area contributed by atoms with Crippen LogP contribution in [0, 0.1) is 5.82 Å². The van der Waals surface area contributed by atoms with Gasteiger partial charge in [-0.2, -0.15) is 0 Å². The molecular weight excluding hydrogens is 415 g/mol. The maximum atomic E-state index is 15.1. The van der Waals surface area contributed by atoms with Gasteiger partial charge in [0.05, 0.1) is 11.3 Å². The van der Waals surface area contributed by atoms with E-state index in [0.29, 0.717) is 25.2 Å². The van der Waals surface area contributed by atoms with Crippen LogP contribution in [0.2, 0.25) is 0 Å². The van der Waals surface area contributed by atoms with Crippen molar-refractivity contribution in [1.82, 2.24) is 15.5 Å². The van der Waals surface area contributed by atoms with Crippen molar-refractivity contribution in [3.05, 3.63) is 23.5 Å². The highest BCUT2D eigenvalue weighted by Crippen LogP contribution is 2.39. The van der Waals surface area contributed by atoms with Gasteiger partial charge in [-0.1, -0.05) is 6.92 Å². The zero-order valence-electron chi connectivity index (χ0n) is 19.3. The summed E-state index contributed by atoms with van der Waals surface area (Å²) in [7, 11) is 0. The molecule has 1 saturated heterocycles. The molecule has 2 N–H and O–H groups in total. The lowest BCUT2D eigenvalue weighted by Gasteiger charge is -2.39. The van der Waals surface area contributed by atoms with Gasteiger partial charge in [0.15, 0.2) is 5.60 Å². The number of rotatable bonds is 7. The largest absolute Gasteiger partial charge is 0.476 e. The smallest absolute Gasteiger partial charge is 0.270 e. The molecular formula is C23H33FN4O4. The number of nitrogens with zero attached hydrogens (tertiary/aromatic N) is 2. The molecule has 2 aliphatic rings. The van der Waals surface area contributed by atoms with Crippen molar-refractivity contribution < 1.29 is 23.5 Å². The van der Waals surface area contributed by atoms with E-state index in [-0.39, 0.29) is 42.3 Å². The fourth-order valence-corrected chi connectivity index (χ4v) is 4.23. The highest BCUT2D eigenvalue weighted by molar-refractivity contribution is 6.04. The second-order valence-corrected chi connectivity index (χ2v) is 8.66. The molecule has 1 atom stereocenters. The minimum Gasteiger partial charge on any atom is -0.476 e. The molecule has 3 amide bonds. The van der Waals surface area contributed by atoms with Gasteiger partial charge in [0.2, 0.25) is 5.91 Å². The van der Waals surface area contributed by atoms with Gasteiger partial charge in [0, 0.05) is 44.7 Å². The van der Waals surface area contributed by atoms with Crippen LogP contribution in [-0.2, 0) is 9.59 Å². The van der Waals surface area contributed by atoms with Gasteiger partial charge in [-0.15, -0.1) is 0 Å². The SMILES string of the molecule is CCC(=O)NCCN1C(=O)C(C)(C)Oc2cc(F)c(C(=O)N(CC)[C@@H]3CCCNC3)cc21. The third kappa shape index (κ3) is 4.87. The lowest BCUT2D eigenvalue weighted by Crippen LogP contribution is -2.54. The van der Waals surface area contributed by atoms with Gasteiger partial charge >= 0.3 is 0 Å². The number of likely N-dealkylation sites (N-methyl/N-ethyl adjacent to an activating group) is 1. The number of piperidine rings is 1. The maximum absolute atomic E-state index is 15.1. The van der Waals surface area contributed by atoms with Crippen molar-refractivity contribution in [1.29, 1.82) is 0 Å². The van der Waals surface area contributed by atoms with E-state index in [2.05, 4.69) is 10.6 Å². The first-order valence-electron chi connectivity index (χ1n) is 11.3. The fourth-order valence-electron chi connectivity index (χ4n) is 4.23. The van der Waals surface area contributed by atoms with Crippen LogP contribution < -0.4 is 20.3 Å². The van der Waals surface area contributed by atoms with Crippen LogP contribution in [0.25, 0.3) is 0 Å². The van der Waals surface area contributed by atoms with Crippen LogP contribution in [0.1, 0.15) is 57.3 Å². The number of carbonyl (C=O) groups excluding carboxylic acids is 3. The van der Waals surface area contributed by atoms with Gasteiger partial charge in [-0.3, -0.25) is 14.4 Å². The van der Waals surface area contributed by atoms with Gasteiger partial charge in [-0.25, -0.2) is 4.39 Å². The fraction of sp³-hybridized carbons (Fsp3) is 0.609. The van der Waals surface area contributed by atoms with E-state index in [1.54, 1.807) is 25.7 Å². The highest BCUT2D eigenvalue weighted by Gasteiger charge is 2.42. The van der Waals surface area contributed by atoms with Crippen LogP contribution in [0.4, 0.5) is 10.1 Å². The van der Waals surface area contributed by atoms with Crippen LogP contribution in [0.5, 0.6) is 5.75 Å². The molecule has 1 aromatic rings. The molecule has 176 valence electrons. The molecule has 1 fully saturated rings. The van der Waals surface area contributed by atoms with Crippen molar-refractivity contribution >= 4 is 23.4 Å². The second-order valence-electron chi connectivity index (χ2n) is 8.66. The van der Waals surface area contributed by atoms with E-state index in [9.17, 15) is 14.4 Å². The normalized spacial score (nSPS) is 19.7. The third-order valence-electron chi connectivity index (χ3n) is 5.99. The Hall–Kier alpha value is -2.68. The lowest BCUT2D eigenvalue weighted by atomic mass is 10.0. The Kier molecular flexibility index (Phi) is 7.38. The van der Waals surface area contributed by atoms with E-state index in [1.807, 2.05) is 6.92 Å². The maximum Gasteiger partial charge on any atom is 0.270 e. The van der Waals surface area contributed by atoms with Crippen molar-refractivity contribution in [2.45, 2.75) is 58.6 Å².